The number of benzene rings is 1. The summed E-state index contributed by atoms with van der Waals surface area (Å²) in [7, 11) is -5.50. The van der Waals surface area contributed by atoms with E-state index in [2.05, 4.69) is 0 Å². The van der Waals surface area contributed by atoms with E-state index in [0.717, 1.165) is 5.56 Å². The standard InChI is InChI=1S/C12H20O4S2/c1-8-7-9(2)12(18(13,14)15)10(3)11(8)16-17(4,5)6/h7H,1-6H3,(H,13,14,15). The van der Waals surface area contributed by atoms with Crippen molar-refractivity contribution in [2.75, 3.05) is 18.8 Å². The Morgan fingerprint density at radius 2 is 1.56 bits per heavy atom. The zero-order chi connectivity index (χ0) is 14.3. The number of rotatable bonds is 3. The molecule has 0 aliphatic rings. The first-order valence-corrected chi connectivity index (χ1v) is 9.62. The molecule has 0 spiro atoms. The van der Waals surface area contributed by atoms with Gasteiger partial charge in [-0.2, -0.15) is 8.42 Å². The van der Waals surface area contributed by atoms with Gasteiger partial charge < -0.3 is 4.18 Å². The summed E-state index contributed by atoms with van der Waals surface area (Å²) in [6, 6.07) is 1.72. The highest BCUT2D eigenvalue weighted by atomic mass is 32.3. The highest BCUT2D eigenvalue weighted by Crippen LogP contribution is 2.42. The van der Waals surface area contributed by atoms with Crippen molar-refractivity contribution in [3.63, 3.8) is 0 Å². The van der Waals surface area contributed by atoms with E-state index in [-0.39, 0.29) is 4.90 Å². The summed E-state index contributed by atoms with van der Waals surface area (Å²) in [6.07, 6.45) is 5.91. The van der Waals surface area contributed by atoms with Gasteiger partial charge in [0.05, 0.1) is 0 Å². The molecule has 0 aromatic heterocycles. The molecular formula is C12H20O4S2. The van der Waals surface area contributed by atoms with E-state index in [0.29, 0.717) is 16.9 Å². The zero-order valence-corrected chi connectivity index (χ0v) is 13.2. The third kappa shape index (κ3) is 3.40. The van der Waals surface area contributed by atoms with Crippen molar-refractivity contribution in [3.8, 4) is 5.75 Å². The van der Waals surface area contributed by atoms with Gasteiger partial charge in [-0.15, -0.1) is 10.3 Å². The van der Waals surface area contributed by atoms with Crippen LogP contribution in [0.25, 0.3) is 0 Å². The Morgan fingerprint density at radius 3 is 1.94 bits per heavy atom. The van der Waals surface area contributed by atoms with Gasteiger partial charge in [0.1, 0.15) is 10.6 Å². The highest BCUT2D eigenvalue weighted by Gasteiger charge is 2.23. The Bertz CT molecular complexity index is 569. The Balaban J connectivity index is 3.56. The molecule has 4 nitrogen and oxygen atoms in total. The summed E-state index contributed by atoms with van der Waals surface area (Å²) < 4.78 is 38.0. The summed E-state index contributed by atoms with van der Waals surface area (Å²) in [6.45, 7) is 5.19. The minimum atomic E-state index is -4.23. The van der Waals surface area contributed by atoms with Crippen molar-refractivity contribution < 1.29 is 17.2 Å². The Labute approximate surface area is 111 Å². The van der Waals surface area contributed by atoms with E-state index in [4.69, 9.17) is 4.18 Å². The third-order valence-electron chi connectivity index (χ3n) is 2.42. The van der Waals surface area contributed by atoms with Crippen molar-refractivity contribution in [1.29, 1.82) is 0 Å². The Kier molecular flexibility index (Phi) is 4.05. The maximum Gasteiger partial charge on any atom is 0.295 e. The van der Waals surface area contributed by atoms with Gasteiger partial charge in [-0.1, -0.05) is 6.07 Å². The molecule has 1 rings (SSSR count). The SMILES string of the molecule is Cc1cc(C)c(S(=O)(=O)O)c(C)c1OS(C)(C)C. The molecule has 1 N–H and O–H groups in total. The monoisotopic (exact) mass is 292 g/mol. The zero-order valence-electron chi connectivity index (χ0n) is 11.6. The molecule has 0 bridgehead atoms. The van der Waals surface area contributed by atoms with Gasteiger partial charge in [0.15, 0.2) is 0 Å². The smallest absolute Gasteiger partial charge is 0.295 e. The van der Waals surface area contributed by atoms with Gasteiger partial charge in [0, 0.05) is 5.56 Å². The topological polar surface area (TPSA) is 63.6 Å². The van der Waals surface area contributed by atoms with Crippen LogP contribution in [0.15, 0.2) is 11.0 Å². The normalized spacial score (nSPS) is 13.5. The number of hydrogen-bond donors (Lipinski definition) is 1. The molecule has 0 amide bonds. The van der Waals surface area contributed by atoms with Crippen molar-refractivity contribution in [2.45, 2.75) is 25.7 Å². The molecule has 104 valence electrons. The van der Waals surface area contributed by atoms with E-state index in [1.54, 1.807) is 19.9 Å². The van der Waals surface area contributed by atoms with E-state index in [9.17, 15) is 13.0 Å². The summed E-state index contributed by atoms with van der Waals surface area (Å²) in [5.41, 5.74) is 1.88. The molecule has 1 aromatic carbocycles. The number of hydrogen-bond acceptors (Lipinski definition) is 3. The van der Waals surface area contributed by atoms with E-state index in [1.807, 2.05) is 25.7 Å². The maximum absolute atomic E-state index is 11.4. The average Bonchev–Trinajstić information content (AvgIpc) is 2.07. The second kappa shape index (κ2) is 4.75. The van der Waals surface area contributed by atoms with Crippen LogP contribution in [0.4, 0.5) is 0 Å². The molecule has 0 saturated heterocycles. The Morgan fingerprint density at radius 1 is 1.06 bits per heavy atom. The van der Waals surface area contributed by atoms with Crippen LogP contribution in [-0.4, -0.2) is 31.7 Å². The minimum Gasteiger partial charge on any atom is -0.449 e. The first kappa shape index (κ1) is 15.3. The second-order valence-electron chi connectivity index (χ2n) is 5.08. The van der Waals surface area contributed by atoms with Crippen LogP contribution in [0.3, 0.4) is 0 Å². The Hall–Kier alpha value is -0.720. The molecule has 0 unspecified atom stereocenters. The quantitative estimate of drug-likeness (QED) is 0.870. The van der Waals surface area contributed by atoms with E-state index in [1.165, 1.54) is 0 Å². The van der Waals surface area contributed by atoms with Crippen LogP contribution in [0.5, 0.6) is 5.75 Å². The van der Waals surface area contributed by atoms with Gasteiger partial charge in [0.2, 0.25) is 0 Å². The highest BCUT2D eigenvalue weighted by molar-refractivity contribution is 8.28. The van der Waals surface area contributed by atoms with Crippen LogP contribution in [0.2, 0.25) is 0 Å². The fourth-order valence-electron chi connectivity index (χ4n) is 1.93. The van der Waals surface area contributed by atoms with Crippen LogP contribution < -0.4 is 4.18 Å². The summed E-state index contributed by atoms with van der Waals surface area (Å²) in [5, 5.41) is 0. The predicted molar refractivity (Wildman–Crippen MR) is 76.5 cm³/mol. The van der Waals surface area contributed by atoms with Gasteiger partial charge in [-0.05, 0) is 50.7 Å². The fraction of sp³-hybridized carbons (Fsp3) is 0.500. The summed E-state index contributed by atoms with van der Waals surface area (Å²) in [5.74, 6) is 0.552. The van der Waals surface area contributed by atoms with Gasteiger partial charge in [0.25, 0.3) is 10.1 Å². The van der Waals surface area contributed by atoms with Crippen LogP contribution in [-0.2, 0) is 10.1 Å². The van der Waals surface area contributed by atoms with Crippen LogP contribution in [0.1, 0.15) is 16.7 Å². The molecule has 0 heterocycles. The maximum atomic E-state index is 11.4. The third-order valence-corrected chi connectivity index (χ3v) is 4.23. The predicted octanol–water partition coefficient (Wildman–Crippen LogP) is 2.85. The first-order chi connectivity index (χ1) is 7.93. The lowest BCUT2D eigenvalue weighted by molar-refractivity contribution is 0.480. The molecule has 0 aliphatic carbocycles. The molecule has 0 atom stereocenters. The van der Waals surface area contributed by atoms with Crippen molar-refractivity contribution in [2.24, 2.45) is 0 Å². The molecule has 0 radical (unpaired) electrons. The van der Waals surface area contributed by atoms with Gasteiger partial charge in [-0.3, -0.25) is 4.55 Å². The lowest BCUT2D eigenvalue weighted by atomic mass is 10.1. The van der Waals surface area contributed by atoms with Crippen molar-refractivity contribution >= 4 is 20.4 Å². The fourth-order valence-corrected chi connectivity index (χ4v) is 3.63. The van der Waals surface area contributed by atoms with Gasteiger partial charge >= 0.3 is 0 Å². The summed E-state index contributed by atoms with van der Waals surface area (Å²) >= 11 is 0. The van der Waals surface area contributed by atoms with E-state index < -0.39 is 20.4 Å². The second-order valence-corrected chi connectivity index (χ2v) is 10.1. The lowest BCUT2D eigenvalue weighted by Crippen LogP contribution is -2.09. The molecular weight excluding hydrogens is 272 g/mol. The van der Waals surface area contributed by atoms with Crippen LogP contribution >= 0.6 is 10.3 Å². The molecule has 0 saturated carbocycles. The molecule has 1 aromatic rings. The summed E-state index contributed by atoms with van der Waals surface area (Å²) in [4.78, 5) is -0.0493. The lowest BCUT2D eigenvalue weighted by Gasteiger charge is -2.29. The molecule has 6 heteroatoms. The first-order valence-electron chi connectivity index (χ1n) is 5.39. The minimum absolute atomic E-state index is 0.0493. The van der Waals surface area contributed by atoms with Gasteiger partial charge in [-0.25, -0.2) is 0 Å². The molecule has 0 aliphatic heterocycles. The average molecular weight is 292 g/mol. The largest absolute Gasteiger partial charge is 0.449 e. The molecule has 18 heavy (non-hydrogen) atoms. The van der Waals surface area contributed by atoms with Crippen molar-refractivity contribution in [1.82, 2.24) is 0 Å². The number of aryl methyl sites for hydroxylation is 2. The van der Waals surface area contributed by atoms with Crippen LogP contribution in [0, 0.1) is 20.8 Å². The van der Waals surface area contributed by atoms with E-state index >= 15 is 0 Å². The molecule has 0 fully saturated rings. The van der Waals surface area contributed by atoms with Crippen molar-refractivity contribution in [3.05, 3.63) is 22.8 Å².